The molecule has 0 saturated heterocycles. The van der Waals surface area contributed by atoms with Crippen molar-refractivity contribution in [1.29, 1.82) is 0 Å². The minimum atomic E-state index is -0.432. The van der Waals surface area contributed by atoms with Crippen LogP contribution in [-0.2, 0) is 5.41 Å². The van der Waals surface area contributed by atoms with Gasteiger partial charge in [-0.05, 0) is 107 Å². The quantitative estimate of drug-likeness (QED) is 0.160. The van der Waals surface area contributed by atoms with Crippen molar-refractivity contribution < 1.29 is 0 Å². The SMILES string of the molecule is c1ccc(-c2ccc(-c3cc4c(cc3-c3ccc(-c5ccc(-c6cc(-c7ccccc7)nc(-c7ccccc7)n6)cc5)cc3)C3(c5ccccc5-c5ccccc53)c3ccccc3-4)cc2)cc1. The van der Waals surface area contributed by atoms with Gasteiger partial charge in [-0.15, -0.1) is 0 Å². The van der Waals surface area contributed by atoms with Crippen molar-refractivity contribution in [3.05, 3.63) is 277 Å². The first-order valence-electron chi connectivity index (χ1n) is 23.1. The summed E-state index contributed by atoms with van der Waals surface area (Å²) in [5.74, 6) is 0.714. The van der Waals surface area contributed by atoms with Crippen LogP contribution in [0.15, 0.2) is 255 Å². The Balaban J connectivity index is 0.928. The highest BCUT2D eigenvalue weighted by molar-refractivity contribution is 5.99. The maximum absolute atomic E-state index is 5.08. The van der Waals surface area contributed by atoms with Crippen LogP contribution in [0.25, 0.3) is 101 Å². The van der Waals surface area contributed by atoms with Gasteiger partial charge in [-0.25, -0.2) is 9.97 Å². The summed E-state index contributed by atoms with van der Waals surface area (Å²) in [6.45, 7) is 0. The Kier molecular flexibility index (Phi) is 9.11. The maximum atomic E-state index is 5.08. The van der Waals surface area contributed by atoms with Crippen LogP contribution in [0.3, 0.4) is 0 Å². The summed E-state index contributed by atoms with van der Waals surface area (Å²) in [6, 6.07) is 92.5. The molecule has 13 rings (SSSR count). The fraction of sp³-hybridized carbons (Fsp3) is 0.0154. The van der Waals surface area contributed by atoms with Gasteiger partial charge in [0.05, 0.1) is 16.8 Å². The number of hydrogen-bond donors (Lipinski definition) is 0. The predicted octanol–water partition coefficient (Wildman–Crippen LogP) is 16.5. The molecule has 0 N–H and O–H groups in total. The average Bonchev–Trinajstić information content (AvgIpc) is 3.88. The lowest BCUT2D eigenvalue weighted by molar-refractivity contribution is 0.794. The van der Waals surface area contributed by atoms with Gasteiger partial charge in [-0.1, -0.05) is 237 Å². The van der Waals surface area contributed by atoms with E-state index >= 15 is 0 Å². The summed E-state index contributed by atoms with van der Waals surface area (Å²) < 4.78 is 0. The molecule has 0 aliphatic heterocycles. The van der Waals surface area contributed by atoms with E-state index in [4.69, 9.17) is 9.97 Å². The van der Waals surface area contributed by atoms with Gasteiger partial charge < -0.3 is 0 Å². The third-order valence-electron chi connectivity index (χ3n) is 14.0. The molecule has 1 spiro atoms. The summed E-state index contributed by atoms with van der Waals surface area (Å²) in [5, 5.41) is 0. The zero-order valence-electron chi connectivity index (χ0n) is 36.6. The molecule has 0 unspecified atom stereocenters. The fourth-order valence-corrected chi connectivity index (χ4v) is 10.8. The molecule has 0 atom stereocenters. The van der Waals surface area contributed by atoms with Gasteiger partial charge in [0.2, 0.25) is 0 Å². The third kappa shape index (κ3) is 6.33. The minimum Gasteiger partial charge on any atom is -0.228 e. The van der Waals surface area contributed by atoms with Crippen molar-refractivity contribution in [3.8, 4) is 101 Å². The molecular weight excluding hydrogens is 809 g/mol. The highest BCUT2D eigenvalue weighted by Gasteiger charge is 2.51. The number of hydrogen-bond acceptors (Lipinski definition) is 2. The summed E-state index contributed by atoms with van der Waals surface area (Å²) in [6.07, 6.45) is 0. The Hall–Kier alpha value is -8.72. The van der Waals surface area contributed by atoms with E-state index in [1.54, 1.807) is 0 Å². The number of nitrogens with zero attached hydrogens (tertiary/aromatic N) is 2. The second-order valence-corrected chi connectivity index (χ2v) is 17.6. The highest BCUT2D eigenvalue weighted by Crippen LogP contribution is 2.63. The summed E-state index contributed by atoms with van der Waals surface area (Å²) in [5.41, 5.74) is 24.6. The van der Waals surface area contributed by atoms with E-state index < -0.39 is 5.41 Å². The summed E-state index contributed by atoms with van der Waals surface area (Å²) >= 11 is 0. The molecule has 0 bridgehead atoms. The molecule has 2 nitrogen and oxygen atoms in total. The first-order valence-corrected chi connectivity index (χ1v) is 23.1. The van der Waals surface area contributed by atoms with Crippen LogP contribution in [0.1, 0.15) is 22.3 Å². The van der Waals surface area contributed by atoms with E-state index in [1.165, 1.54) is 77.9 Å². The Labute approximate surface area is 391 Å². The Morgan fingerprint density at radius 2 is 0.537 bits per heavy atom. The molecule has 2 heteroatoms. The topological polar surface area (TPSA) is 25.8 Å². The van der Waals surface area contributed by atoms with E-state index in [-0.39, 0.29) is 0 Å². The highest BCUT2D eigenvalue weighted by atomic mass is 14.9. The molecule has 0 saturated carbocycles. The summed E-state index contributed by atoms with van der Waals surface area (Å²) in [7, 11) is 0. The monoisotopic (exact) mass is 850 g/mol. The first kappa shape index (κ1) is 38.7. The van der Waals surface area contributed by atoms with Gasteiger partial charge in [0.15, 0.2) is 5.82 Å². The largest absolute Gasteiger partial charge is 0.228 e. The van der Waals surface area contributed by atoms with Crippen LogP contribution < -0.4 is 0 Å². The van der Waals surface area contributed by atoms with E-state index in [2.05, 4.69) is 231 Å². The van der Waals surface area contributed by atoms with Gasteiger partial charge >= 0.3 is 0 Å². The molecule has 2 aliphatic carbocycles. The zero-order valence-corrected chi connectivity index (χ0v) is 36.6. The molecule has 11 aromatic rings. The van der Waals surface area contributed by atoms with Crippen molar-refractivity contribution in [3.63, 3.8) is 0 Å². The molecular formula is C65H42N2. The minimum absolute atomic E-state index is 0.432. The molecule has 2 aliphatic rings. The van der Waals surface area contributed by atoms with Crippen molar-refractivity contribution in [2.45, 2.75) is 5.41 Å². The molecule has 10 aromatic carbocycles. The molecule has 0 radical (unpaired) electrons. The van der Waals surface area contributed by atoms with Gasteiger partial charge in [0.1, 0.15) is 0 Å². The normalized spacial score (nSPS) is 12.6. The van der Waals surface area contributed by atoms with Gasteiger partial charge in [-0.2, -0.15) is 0 Å². The van der Waals surface area contributed by atoms with Crippen LogP contribution in [0.4, 0.5) is 0 Å². The van der Waals surface area contributed by atoms with Crippen LogP contribution >= 0.6 is 0 Å². The lowest BCUT2D eigenvalue weighted by Crippen LogP contribution is -2.25. The van der Waals surface area contributed by atoms with Gasteiger partial charge in [0, 0.05) is 16.7 Å². The van der Waals surface area contributed by atoms with Gasteiger partial charge in [0.25, 0.3) is 0 Å². The van der Waals surface area contributed by atoms with Crippen molar-refractivity contribution >= 4 is 0 Å². The second-order valence-electron chi connectivity index (χ2n) is 17.6. The molecule has 0 amide bonds. The van der Waals surface area contributed by atoms with Crippen LogP contribution in [0.2, 0.25) is 0 Å². The predicted molar refractivity (Wildman–Crippen MR) is 276 cm³/mol. The van der Waals surface area contributed by atoms with Crippen LogP contribution in [0.5, 0.6) is 0 Å². The van der Waals surface area contributed by atoms with Crippen LogP contribution in [0, 0.1) is 0 Å². The smallest absolute Gasteiger partial charge is 0.160 e. The number of rotatable bonds is 7. The standard InChI is InChI=1S/C65H42N2/c1-4-16-43(17-5-1)44-28-34-47(35-29-44)55-40-57-54-24-12-15-27-60(54)65(58-25-13-10-22-52(58)53-23-11-14-26-59(53)65)61(57)41-56(55)48-36-30-45(31-37-48)46-32-38-50(39-33-46)63-42-62(49-18-6-2-7-19-49)66-64(67-63)51-20-8-3-9-21-51/h1-42H. The molecule has 0 fully saturated rings. The Morgan fingerprint density at radius 1 is 0.209 bits per heavy atom. The molecule has 1 heterocycles. The zero-order chi connectivity index (χ0) is 44.3. The Bertz CT molecular complexity index is 3530. The van der Waals surface area contributed by atoms with Gasteiger partial charge in [-0.3, -0.25) is 0 Å². The van der Waals surface area contributed by atoms with Crippen LogP contribution in [-0.4, -0.2) is 9.97 Å². The first-order chi connectivity index (χ1) is 33.2. The second kappa shape index (κ2) is 15.8. The number of benzene rings is 10. The fourth-order valence-electron chi connectivity index (χ4n) is 10.8. The van der Waals surface area contributed by atoms with E-state index in [0.29, 0.717) is 5.82 Å². The van der Waals surface area contributed by atoms with E-state index in [9.17, 15) is 0 Å². The Morgan fingerprint density at radius 3 is 1.01 bits per heavy atom. The average molecular weight is 851 g/mol. The molecule has 312 valence electrons. The molecule has 67 heavy (non-hydrogen) atoms. The van der Waals surface area contributed by atoms with Crippen molar-refractivity contribution in [2.75, 3.05) is 0 Å². The third-order valence-corrected chi connectivity index (χ3v) is 14.0. The number of fused-ring (bicyclic) bond motifs is 10. The lowest BCUT2D eigenvalue weighted by atomic mass is 9.70. The van der Waals surface area contributed by atoms with E-state index in [0.717, 1.165) is 39.2 Å². The lowest BCUT2D eigenvalue weighted by Gasteiger charge is -2.31. The number of aromatic nitrogens is 2. The summed E-state index contributed by atoms with van der Waals surface area (Å²) in [4.78, 5) is 10.1. The van der Waals surface area contributed by atoms with Crippen molar-refractivity contribution in [2.24, 2.45) is 0 Å². The molecule has 1 aromatic heterocycles. The van der Waals surface area contributed by atoms with Crippen molar-refractivity contribution in [1.82, 2.24) is 9.97 Å². The maximum Gasteiger partial charge on any atom is 0.160 e. The van der Waals surface area contributed by atoms with E-state index in [1.807, 2.05) is 24.3 Å².